The lowest BCUT2D eigenvalue weighted by Crippen LogP contribution is -2.22. The van der Waals surface area contributed by atoms with E-state index in [0.29, 0.717) is 23.4 Å². The average Bonchev–Trinajstić information content (AvgIpc) is 2.45. The number of halogens is 2. The first kappa shape index (κ1) is 16.1. The highest BCUT2D eigenvalue weighted by atomic mass is 32.2. The molecule has 0 saturated carbocycles. The molecule has 122 valence electrons. The number of aromatic amines is 1. The predicted octanol–water partition coefficient (Wildman–Crippen LogP) is 2.73. The largest absolute Gasteiger partial charge is 0.386 e. The SMILES string of the molecule is CC(C)(O)c1c(F)cc(-c2nc3c(c(=O)[nH]2)CSCC3)cc1F. The van der Waals surface area contributed by atoms with Crippen molar-refractivity contribution in [1.29, 1.82) is 0 Å². The van der Waals surface area contributed by atoms with Crippen LogP contribution in [0.4, 0.5) is 8.78 Å². The minimum Gasteiger partial charge on any atom is -0.386 e. The molecule has 0 saturated heterocycles. The van der Waals surface area contributed by atoms with Crippen molar-refractivity contribution in [3.63, 3.8) is 0 Å². The second-order valence-corrected chi connectivity index (χ2v) is 7.12. The van der Waals surface area contributed by atoms with Crippen LogP contribution in [0.5, 0.6) is 0 Å². The molecule has 23 heavy (non-hydrogen) atoms. The van der Waals surface area contributed by atoms with Gasteiger partial charge in [0.05, 0.1) is 16.9 Å². The molecule has 0 fully saturated rings. The number of nitrogens with one attached hydrogen (secondary N) is 1. The van der Waals surface area contributed by atoms with E-state index in [4.69, 9.17) is 0 Å². The molecule has 0 aliphatic carbocycles. The van der Waals surface area contributed by atoms with Gasteiger partial charge in [0.2, 0.25) is 0 Å². The third kappa shape index (κ3) is 3.03. The van der Waals surface area contributed by atoms with Gasteiger partial charge in [-0.1, -0.05) is 0 Å². The zero-order valence-electron chi connectivity index (χ0n) is 12.7. The van der Waals surface area contributed by atoms with E-state index in [1.54, 1.807) is 11.8 Å². The monoisotopic (exact) mass is 338 g/mol. The van der Waals surface area contributed by atoms with Gasteiger partial charge in [-0.25, -0.2) is 13.8 Å². The lowest BCUT2D eigenvalue weighted by atomic mass is 9.95. The highest BCUT2D eigenvalue weighted by Crippen LogP contribution is 2.30. The Morgan fingerprint density at radius 2 is 1.96 bits per heavy atom. The van der Waals surface area contributed by atoms with Gasteiger partial charge in [0, 0.05) is 16.9 Å². The molecule has 0 spiro atoms. The first-order chi connectivity index (χ1) is 10.8. The van der Waals surface area contributed by atoms with Crippen molar-refractivity contribution in [2.45, 2.75) is 31.6 Å². The molecular formula is C16H16F2N2O2S. The van der Waals surface area contributed by atoms with Crippen molar-refractivity contribution in [1.82, 2.24) is 9.97 Å². The molecule has 3 rings (SSSR count). The van der Waals surface area contributed by atoms with Crippen LogP contribution < -0.4 is 5.56 Å². The fraction of sp³-hybridized carbons (Fsp3) is 0.375. The standard InChI is InChI=1S/C16H16F2N2O2S/c1-16(2,22)13-10(17)5-8(6-11(13)18)14-19-12-3-4-23-7-9(12)15(21)20-14/h5-6,22H,3-4,7H2,1-2H3,(H,19,20,21). The van der Waals surface area contributed by atoms with E-state index in [1.807, 2.05) is 0 Å². The van der Waals surface area contributed by atoms with E-state index in [1.165, 1.54) is 13.8 Å². The highest BCUT2D eigenvalue weighted by molar-refractivity contribution is 7.98. The van der Waals surface area contributed by atoms with Crippen LogP contribution in [0.25, 0.3) is 11.4 Å². The quantitative estimate of drug-likeness (QED) is 0.884. The molecule has 4 nitrogen and oxygen atoms in total. The molecule has 1 aliphatic rings. The summed E-state index contributed by atoms with van der Waals surface area (Å²) in [6.45, 7) is 2.62. The number of fused-ring (bicyclic) bond motifs is 1. The Balaban J connectivity index is 2.13. The minimum absolute atomic E-state index is 0.140. The van der Waals surface area contributed by atoms with Gasteiger partial charge in [-0.15, -0.1) is 0 Å². The van der Waals surface area contributed by atoms with Gasteiger partial charge in [-0.2, -0.15) is 11.8 Å². The number of rotatable bonds is 2. The molecule has 0 radical (unpaired) electrons. The molecule has 1 aromatic carbocycles. The summed E-state index contributed by atoms with van der Waals surface area (Å²) >= 11 is 1.66. The van der Waals surface area contributed by atoms with Crippen molar-refractivity contribution in [3.05, 3.63) is 50.9 Å². The Hall–Kier alpha value is -1.73. The van der Waals surface area contributed by atoms with Gasteiger partial charge in [0.15, 0.2) is 0 Å². The van der Waals surface area contributed by atoms with E-state index < -0.39 is 22.8 Å². The van der Waals surface area contributed by atoms with Gasteiger partial charge < -0.3 is 10.1 Å². The zero-order valence-corrected chi connectivity index (χ0v) is 13.6. The molecular weight excluding hydrogens is 322 g/mol. The van der Waals surface area contributed by atoms with Crippen LogP contribution in [-0.4, -0.2) is 20.8 Å². The van der Waals surface area contributed by atoms with Gasteiger partial charge >= 0.3 is 0 Å². The summed E-state index contributed by atoms with van der Waals surface area (Å²) in [7, 11) is 0. The number of H-pyrrole nitrogens is 1. The van der Waals surface area contributed by atoms with Crippen molar-refractivity contribution >= 4 is 11.8 Å². The van der Waals surface area contributed by atoms with Gasteiger partial charge in [0.25, 0.3) is 5.56 Å². The number of hydrogen-bond donors (Lipinski definition) is 2. The normalized spacial score (nSPS) is 14.7. The number of aromatic nitrogens is 2. The summed E-state index contributed by atoms with van der Waals surface area (Å²) in [4.78, 5) is 19.1. The predicted molar refractivity (Wildman–Crippen MR) is 85.3 cm³/mol. The summed E-state index contributed by atoms with van der Waals surface area (Å²) in [5.74, 6) is -0.144. The Labute approximate surface area is 136 Å². The Bertz CT molecular complexity index is 805. The minimum atomic E-state index is -1.64. The van der Waals surface area contributed by atoms with Gasteiger partial charge in [0.1, 0.15) is 17.5 Å². The van der Waals surface area contributed by atoms with Crippen LogP contribution in [0.3, 0.4) is 0 Å². The lowest BCUT2D eigenvalue weighted by Gasteiger charge is -2.20. The number of aryl methyl sites for hydroxylation is 1. The second-order valence-electron chi connectivity index (χ2n) is 6.02. The molecule has 0 bridgehead atoms. The maximum Gasteiger partial charge on any atom is 0.255 e. The molecule has 0 atom stereocenters. The zero-order chi connectivity index (χ0) is 16.8. The molecule has 2 heterocycles. The Morgan fingerprint density at radius 1 is 1.30 bits per heavy atom. The number of hydrogen-bond acceptors (Lipinski definition) is 4. The molecule has 2 aromatic rings. The molecule has 2 N–H and O–H groups in total. The number of thioether (sulfide) groups is 1. The molecule has 1 aliphatic heterocycles. The van der Waals surface area contributed by atoms with Gasteiger partial charge in [-0.3, -0.25) is 4.79 Å². The van der Waals surface area contributed by atoms with Crippen LogP contribution in [0, 0.1) is 11.6 Å². The summed E-state index contributed by atoms with van der Waals surface area (Å²) in [5.41, 5.74) is -0.872. The summed E-state index contributed by atoms with van der Waals surface area (Å²) in [6.07, 6.45) is 0.656. The number of benzene rings is 1. The van der Waals surface area contributed by atoms with Crippen molar-refractivity contribution in [2.75, 3.05) is 5.75 Å². The fourth-order valence-corrected chi connectivity index (χ4v) is 3.66. The molecule has 0 unspecified atom stereocenters. The number of aliphatic hydroxyl groups is 1. The van der Waals surface area contributed by atoms with E-state index in [9.17, 15) is 18.7 Å². The van der Waals surface area contributed by atoms with E-state index in [-0.39, 0.29) is 16.9 Å². The summed E-state index contributed by atoms with van der Waals surface area (Å²) in [6, 6.07) is 2.16. The van der Waals surface area contributed by atoms with Crippen LogP contribution in [0.2, 0.25) is 0 Å². The topological polar surface area (TPSA) is 66.0 Å². The molecule has 7 heteroatoms. The summed E-state index contributed by atoms with van der Waals surface area (Å²) < 4.78 is 28.4. The van der Waals surface area contributed by atoms with Crippen molar-refractivity contribution in [2.24, 2.45) is 0 Å². The van der Waals surface area contributed by atoms with E-state index >= 15 is 0 Å². The first-order valence-corrected chi connectivity index (χ1v) is 8.35. The average molecular weight is 338 g/mol. The van der Waals surface area contributed by atoms with E-state index in [0.717, 1.165) is 17.9 Å². The number of nitrogens with zero attached hydrogens (tertiary/aromatic N) is 1. The maximum atomic E-state index is 14.2. The van der Waals surface area contributed by atoms with Crippen molar-refractivity contribution in [3.8, 4) is 11.4 Å². The fourth-order valence-electron chi connectivity index (χ4n) is 2.67. The highest BCUT2D eigenvalue weighted by Gasteiger charge is 2.26. The van der Waals surface area contributed by atoms with Crippen LogP contribution in [-0.2, 0) is 17.8 Å². The molecule has 1 aromatic heterocycles. The van der Waals surface area contributed by atoms with Crippen molar-refractivity contribution < 1.29 is 13.9 Å². The Morgan fingerprint density at radius 3 is 2.57 bits per heavy atom. The van der Waals surface area contributed by atoms with Crippen LogP contribution in [0.1, 0.15) is 30.7 Å². The smallest absolute Gasteiger partial charge is 0.255 e. The van der Waals surface area contributed by atoms with E-state index in [2.05, 4.69) is 9.97 Å². The van der Waals surface area contributed by atoms with Crippen LogP contribution >= 0.6 is 11.8 Å². The van der Waals surface area contributed by atoms with Gasteiger partial charge in [-0.05, 0) is 38.2 Å². The first-order valence-electron chi connectivity index (χ1n) is 7.19. The Kier molecular flexibility index (Phi) is 4.01. The summed E-state index contributed by atoms with van der Waals surface area (Å²) in [5, 5.41) is 9.86. The molecule has 0 amide bonds. The second kappa shape index (κ2) is 5.72. The third-order valence-corrected chi connectivity index (χ3v) is 4.74. The third-order valence-electron chi connectivity index (χ3n) is 3.76. The lowest BCUT2D eigenvalue weighted by molar-refractivity contribution is 0.0703. The maximum absolute atomic E-state index is 14.2. The van der Waals surface area contributed by atoms with Crippen LogP contribution in [0.15, 0.2) is 16.9 Å².